The van der Waals surface area contributed by atoms with E-state index < -0.39 is 36.4 Å². The molecule has 1 heterocycles. The number of aliphatic carboxylic acids is 3. The van der Waals surface area contributed by atoms with Gasteiger partial charge in [-0.2, -0.15) is 0 Å². The Bertz CT molecular complexity index is 536. The van der Waals surface area contributed by atoms with Crippen LogP contribution in [0.2, 0.25) is 0 Å². The number of carboxylic acid groups (broad SMARTS) is 3. The summed E-state index contributed by atoms with van der Waals surface area (Å²) in [6.45, 7) is 0.617. The van der Waals surface area contributed by atoms with Crippen molar-refractivity contribution in [2.45, 2.75) is 18.4 Å². The van der Waals surface area contributed by atoms with Crippen LogP contribution in [0.4, 0.5) is 0 Å². The molecule has 1 rings (SSSR count). The van der Waals surface area contributed by atoms with Crippen molar-refractivity contribution in [1.29, 1.82) is 0 Å². The summed E-state index contributed by atoms with van der Waals surface area (Å²) in [5, 5.41) is 33.8. The Labute approximate surface area is 131 Å². The minimum absolute atomic E-state index is 0.337. The van der Waals surface area contributed by atoms with Gasteiger partial charge in [0.05, 0.1) is 12.8 Å². The number of carbonyl (C=O) groups is 4. The van der Waals surface area contributed by atoms with Crippen molar-refractivity contribution in [2.24, 2.45) is 5.73 Å². The quantitative estimate of drug-likeness (QED) is 0.392. The summed E-state index contributed by atoms with van der Waals surface area (Å²) in [6.07, 6.45) is 3.15. The summed E-state index contributed by atoms with van der Waals surface area (Å²) in [7, 11) is 1.90. The molecule has 0 radical (unpaired) electrons. The molecule has 0 aliphatic carbocycles. The van der Waals surface area contributed by atoms with Crippen LogP contribution < -0.4 is 5.73 Å². The van der Waals surface area contributed by atoms with Crippen molar-refractivity contribution in [3.8, 4) is 0 Å². The number of allylic oxidation sites excluding steroid dienone is 2. The highest BCUT2D eigenvalue weighted by molar-refractivity contribution is 5.92. The van der Waals surface area contributed by atoms with Gasteiger partial charge in [-0.1, -0.05) is 6.08 Å². The van der Waals surface area contributed by atoms with Gasteiger partial charge in [0.1, 0.15) is 0 Å². The summed E-state index contributed by atoms with van der Waals surface area (Å²) >= 11 is 0. The zero-order valence-electron chi connectivity index (χ0n) is 12.3. The Kier molecular flexibility index (Phi) is 7.47. The van der Waals surface area contributed by atoms with Crippen LogP contribution >= 0.6 is 0 Å². The van der Waals surface area contributed by atoms with E-state index in [1.54, 1.807) is 6.08 Å². The summed E-state index contributed by atoms with van der Waals surface area (Å²) < 4.78 is 0. The predicted octanol–water partition coefficient (Wildman–Crippen LogP) is -1.39. The fraction of sp³-hybridized carbons (Fsp3) is 0.385. The molecule has 0 bridgehead atoms. The van der Waals surface area contributed by atoms with E-state index in [0.29, 0.717) is 12.1 Å². The molecule has 0 spiro atoms. The highest BCUT2D eigenvalue weighted by Gasteiger charge is 2.40. The van der Waals surface area contributed by atoms with Crippen molar-refractivity contribution in [3.63, 3.8) is 0 Å². The molecular weight excluding hydrogens is 312 g/mol. The van der Waals surface area contributed by atoms with E-state index in [1.165, 1.54) is 0 Å². The molecule has 0 atom stereocenters. The first-order chi connectivity index (χ1) is 10.5. The Morgan fingerprint density at radius 1 is 1.17 bits per heavy atom. The third-order valence-electron chi connectivity index (χ3n) is 2.66. The van der Waals surface area contributed by atoms with Crippen LogP contribution in [0, 0.1) is 0 Å². The number of aliphatic hydroxyl groups is 1. The number of carbonyl (C=O) groups excluding carboxylic acids is 1. The van der Waals surface area contributed by atoms with E-state index in [9.17, 15) is 19.2 Å². The number of hydrogen-bond acceptors (Lipinski definition) is 6. The van der Waals surface area contributed by atoms with Gasteiger partial charge in [-0.3, -0.25) is 14.4 Å². The van der Waals surface area contributed by atoms with Crippen molar-refractivity contribution in [1.82, 2.24) is 4.90 Å². The number of nitrogens with two attached hydrogens (primary N) is 1. The second-order valence-corrected chi connectivity index (χ2v) is 4.79. The lowest BCUT2D eigenvalue weighted by Gasteiger charge is -2.18. The standard InChI is InChI=1S/C7H10N2O.C6H8O7/c1-9-4-2-3-6(5-9)7(8)10;7-3(8)1-6(13,5(11)12)2-4(9)10/h2-4H,5H2,1H3,(H2,8,10);13H,1-2H2,(H,7,8)(H,9,10)(H,11,12). The molecule has 10 heteroatoms. The largest absolute Gasteiger partial charge is 0.481 e. The van der Waals surface area contributed by atoms with E-state index in [0.717, 1.165) is 0 Å². The zero-order chi connectivity index (χ0) is 18.2. The Morgan fingerprint density at radius 2 is 1.65 bits per heavy atom. The van der Waals surface area contributed by atoms with Crippen LogP contribution in [-0.2, 0) is 19.2 Å². The summed E-state index contributed by atoms with van der Waals surface area (Å²) in [4.78, 5) is 43.0. The first-order valence-electron chi connectivity index (χ1n) is 6.24. The summed E-state index contributed by atoms with van der Waals surface area (Å²) in [6, 6.07) is 0. The number of rotatable bonds is 6. The van der Waals surface area contributed by atoms with Crippen molar-refractivity contribution >= 4 is 23.8 Å². The maximum Gasteiger partial charge on any atom is 0.336 e. The molecule has 0 aromatic rings. The van der Waals surface area contributed by atoms with Crippen LogP contribution in [-0.4, -0.2) is 68.3 Å². The molecule has 0 aromatic carbocycles. The van der Waals surface area contributed by atoms with Gasteiger partial charge in [0.2, 0.25) is 5.91 Å². The molecule has 0 saturated heterocycles. The molecule has 0 unspecified atom stereocenters. The lowest BCUT2D eigenvalue weighted by molar-refractivity contribution is -0.170. The normalized spacial score (nSPS) is 13.5. The number of hydrogen-bond donors (Lipinski definition) is 5. The Hall–Kier alpha value is -2.88. The molecule has 6 N–H and O–H groups in total. The zero-order valence-corrected chi connectivity index (χ0v) is 12.3. The smallest absolute Gasteiger partial charge is 0.336 e. The van der Waals surface area contributed by atoms with Crippen molar-refractivity contribution in [2.75, 3.05) is 13.6 Å². The fourth-order valence-electron chi connectivity index (χ4n) is 1.55. The highest BCUT2D eigenvalue weighted by atomic mass is 16.4. The first-order valence-corrected chi connectivity index (χ1v) is 6.24. The predicted molar refractivity (Wildman–Crippen MR) is 76.1 cm³/mol. The number of amides is 1. The molecule has 10 nitrogen and oxygen atoms in total. The fourth-order valence-corrected chi connectivity index (χ4v) is 1.55. The number of nitrogens with zero attached hydrogens (tertiary/aromatic N) is 1. The second kappa shape index (κ2) is 8.54. The van der Waals surface area contributed by atoms with Crippen molar-refractivity contribution < 1.29 is 39.6 Å². The average molecular weight is 330 g/mol. The molecule has 1 amide bonds. The third-order valence-corrected chi connectivity index (χ3v) is 2.66. The van der Waals surface area contributed by atoms with Crippen LogP contribution in [0.15, 0.2) is 23.9 Å². The van der Waals surface area contributed by atoms with Crippen LogP contribution in [0.25, 0.3) is 0 Å². The molecule has 0 aromatic heterocycles. The van der Waals surface area contributed by atoms with E-state index >= 15 is 0 Å². The lowest BCUT2D eigenvalue weighted by Crippen LogP contribution is -2.42. The lowest BCUT2D eigenvalue weighted by atomic mass is 9.96. The van der Waals surface area contributed by atoms with E-state index in [2.05, 4.69) is 0 Å². The van der Waals surface area contributed by atoms with Gasteiger partial charge in [0.25, 0.3) is 0 Å². The molecule has 0 saturated carbocycles. The molecule has 0 fully saturated rings. The maximum absolute atomic E-state index is 10.6. The molecular formula is C13H18N2O8. The molecule has 1 aliphatic rings. The van der Waals surface area contributed by atoms with Crippen LogP contribution in [0.3, 0.4) is 0 Å². The first kappa shape index (κ1) is 20.1. The monoisotopic (exact) mass is 330 g/mol. The van der Waals surface area contributed by atoms with Gasteiger partial charge in [0.15, 0.2) is 5.60 Å². The topological polar surface area (TPSA) is 178 Å². The van der Waals surface area contributed by atoms with Gasteiger partial charge in [-0.25, -0.2) is 4.79 Å². The van der Waals surface area contributed by atoms with Crippen molar-refractivity contribution in [3.05, 3.63) is 23.9 Å². The molecule has 23 heavy (non-hydrogen) atoms. The van der Waals surface area contributed by atoms with Gasteiger partial charge in [-0.05, 0) is 12.3 Å². The van der Waals surface area contributed by atoms with Gasteiger partial charge in [-0.15, -0.1) is 0 Å². The third kappa shape index (κ3) is 7.62. The van der Waals surface area contributed by atoms with E-state index in [-0.39, 0.29) is 5.91 Å². The Morgan fingerprint density at radius 3 is 1.91 bits per heavy atom. The number of primary amides is 1. The number of carboxylic acids is 3. The minimum Gasteiger partial charge on any atom is -0.481 e. The van der Waals surface area contributed by atoms with E-state index in [1.807, 2.05) is 24.2 Å². The summed E-state index contributed by atoms with van der Waals surface area (Å²) in [5.41, 5.74) is 2.98. The van der Waals surface area contributed by atoms with Gasteiger partial charge in [0, 0.05) is 19.2 Å². The number of likely N-dealkylation sites (N-methyl/N-ethyl adjacent to an activating group) is 1. The Balaban J connectivity index is 0.000000433. The van der Waals surface area contributed by atoms with Gasteiger partial charge >= 0.3 is 17.9 Å². The highest BCUT2D eigenvalue weighted by Crippen LogP contribution is 2.15. The molecule has 1 aliphatic heterocycles. The second-order valence-electron chi connectivity index (χ2n) is 4.79. The SMILES string of the molecule is CN1C=CC=C(C(N)=O)C1.O=C(O)CC(O)(CC(=O)O)C(=O)O. The van der Waals surface area contributed by atoms with E-state index in [4.69, 9.17) is 26.2 Å². The van der Waals surface area contributed by atoms with Crippen LogP contribution in [0.1, 0.15) is 12.8 Å². The summed E-state index contributed by atoms with van der Waals surface area (Å²) in [5.74, 6) is -5.36. The average Bonchev–Trinajstić information content (AvgIpc) is 2.37. The van der Waals surface area contributed by atoms with Gasteiger partial charge < -0.3 is 31.1 Å². The van der Waals surface area contributed by atoms with Crippen LogP contribution in [0.5, 0.6) is 0 Å². The minimum atomic E-state index is -2.74. The maximum atomic E-state index is 10.6. The molecule has 128 valence electrons.